The van der Waals surface area contributed by atoms with Crippen molar-refractivity contribution >= 4 is 11.9 Å². The number of halogens is 1. The van der Waals surface area contributed by atoms with Gasteiger partial charge in [0.05, 0.1) is 5.56 Å². The van der Waals surface area contributed by atoms with Gasteiger partial charge in [0, 0.05) is 6.54 Å². The number of amides is 1. The molecule has 0 saturated carbocycles. The molecule has 0 saturated heterocycles. The minimum Gasteiger partial charge on any atom is -0.457 e. The molecule has 0 aliphatic heterocycles. The number of carbonyl (C=O) groups excluding carboxylic acids is 2. The van der Waals surface area contributed by atoms with Gasteiger partial charge in [-0.05, 0) is 48.0 Å². The van der Waals surface area contributed by atoms with Crippen LogP contribution in [0.15, 0.2) is 78.9 Å². The summed E-state index contributed by atoms with van der Waals surface area (Å²) in [6.07, 6.45) is 0. The summed E-state index contributed by atoms with van der Waals surface area (Å²) < 4.78 is 23.6. The summed E-state index contributed by atoms with van der Waals surface area (Å²) in [4.78, 5) is 24.0. The van der Waals surface area contributed by atoms with E-state index in [-0.39, 0.29) is 17.9 Å². The number of rotatable bonds is 7. The van der Waals surface area contributed by atoms with E-state index in [2.05, 4.69) is 5.32 Å². The minimum absolute atomic E-state index is 0.219. The van der Waals surface area contributed by atoms with Crippen molar-refractivity contribution in [3.05, 3.63) is 95.8 Å². The number of nitrogens with one attached hydrogen (secondary N) is 1. The molecule has 28 heavy (non-hydrogen) atoms. The van der Waals surface area contributed by atoms with Gasteiger partial charge in [0.25, 0.3) is 5.91 Å². The van der Waals surface area contributed by atoms with Crippen molar-refractivity contribution in [2.24, 2.45) is 0 Å². The zero-order valence-electron chi connectivity index (χ0n) is 14.9. The van der Waals surface area contributed by atoms with Crippen LogP contribution >= 0.6 is 0 Å². The second-order valence-electron chi connectivity index (χ2n) is 5.92. The lowest BCUT2D eigenvalue weighted by atomic mass is 10.2. The predicted octanol–water partition coefficient (Wildman–Crippen LogP) is 4.09. The molecular weight excluding hydrogens is 361 g/mol. The highest BCUT2D eigenvalue weighted by Gasteiger charge is 2.11. The summed E-state index contributed by atoms with van der Waals surface area (Å²) in [5, 5.41) is 2.61. The fourth-order valence-corrected chi connectivity index (χ4v) is 2.38. The number of hydrogen-bond donors (Lipinski definition) is 1. The van der Waals surface area contributed by atoms with Crippen molar-refractivity contribution in [2.75, 3.05) is 6.61 Å². The van der Waals surface area contributed by atoms with E-state index in [1.54, 1.807) is 48.5 Å². The molecule has 0 unspecified atom stereocenters. The van der Waals surface area contributed by atoms with Gasteiger partial charge in [-0.25, -0.2) is 9.18 Å². The van der Waals surface area contributed by atoms with Crippen LogP contribution in [-0.4, -0.2) is 18.5 Å². The lowest BCUT2D eigenvalue weighted by Crippen LogP contribution is -2.28. The van der Waals surface area contributed by atoms with Gasteiger partial charge in [0.2, 0.25) is 0 Å². The third-order valence-electron chi connectivity index (χ3n) is 3.79. The first kappa shape index (κ1) is 19.1. The maximum Gasteiger partial charge on any atom is 0.338 e. The Bertz CT molecular complexity index is 942. The topological polar surface area (TPSA) is 64.6 Å². The Morgan fingerprint density at radius 3 is 2.32 bits per heavy atom. The summed E-state index contributed by atoms with van der Waals surface area (Å²) in [5.41, 5.74) is 1.02. The highest BCUT2D eigenvalue weighted by atomic mass is 19.1. The Labute approximate surface area is 161 Å². The molecule has 0 fully saturated rings. The molecule has 6 heteroatoms. The van der Waals surface area contributed by atoms with Crippen molar-refractivity contribution < 1.29 is 23.5 Å². The van der Waals surface area contributed by atoms with Crippen LogP contribution < -0.4 is 10.1 Å². The second kappa shape index (κ2) is 9.32. The molecule has 142 valence electrons. The molecule has 0 aliphatic rings. The molecule has 1 N–H and O–H groups in total. The van der Waals surface area contributed by atoms with Crippen LogP contribution in [0.2, 0.25) is 0 Å². The molecule has 0 aliphatic carbocycles. The van der Waals surface area contributed by atoms with Crippen molar-refractivity contribution in [2.45, 2.75) is 6.54 Å². The van der Waals surface area contributed by atoms with Crippen LogP contribution in [0.5, 0.6) is 11.5 Å². The number of para-hydroxylation sites is 1. The van der Waals surface area contributed by atoms with Gasteiger partial charge in [0.15, 0.2) is 6.61 Å². The molecule has 0 radical (unpaired) electrons. The Kier molecular flexibility index (Phi) is 6.36. The van der Waals surface area contributed by atoms with Crippen LogP contribution in [-0.2, 0) is 16.1 Å². The van der Waals surface area contributed by atoms with E-state index >= 15 is 0 Å². The third-order valence-corrected chi connectivity index (χ3v) is 3.79. The molecular formula is C22H18FNO4. The molecule has 3 aromatic carbocycles. The van der Waals surface area contributed by atoms with Gasteiger partial charge in [-0.2, -0.15) is 0 Å². The van der Waals surface area contributed by atoms with Crippen molar-refractivity contribution in [1.82, 2.24) is 5.32 Å². The minimum atomic E-state index is -0.629. The normalized spacial score (nSPS) is 10.2. The largest absolute Gasteiger partial charge is 0.457 e. The summed E-state index contributed by atoms with van der Waals surface area (Å²) in [5.74, 6) is -0.290. The zero-order chi connectivity index (χ0) is 19.8. The summed E-state index contributed by atoms with van der Waals surface area (Å²) in [6, 6.07) is 21.5. The Balaban J connectivity index is 1.49. The number of benzene rings is 3. The summed E-state index contributed by atoms with van der Waals surface area (Å²) in [6.45, 7) is -0.194. The standard InChI is InChI=1S/C22H18FNO4/c23-18-11-9-16(10-12-18)14-24-21(25)15-27-22(26)17-5-4-8-20(13-17)28-19-6-2-1-3-7-19/h1-13H,14-15H2,(H,24,25). The van der Waals surface area contributed by atoms with E-state index in [1.807, 2.05) is 18.2 Å². The van der Waals surface area contributed by atoms with Crippen LogP contribution in [0.3, 0.4) is 0 Å². The zero-order valence-corrected chi connectivity index (χ0v) is 14.9. The average molecular weight is 379 g/mol. The smallest absolute Gasteiger partial charge is 0.338 e. The van der Waals surface area contributed by atoms with Gasteiger partial charge in [-0.1, -0.05) is 36.4 Å². The van der Waals surface area contributed by atoms with E-state index < -0.39 is 18.5 Å². The second-order valence-corrected chi connectivity index (χ2v) is 5.92. The highest BCUT2D eigenvalue weighted by Crippen LogP contribution is 2.22. The molecule has 0 bridgehead atoms. The lowest BCUT2D eigenvalue weighted by molar-refractivity contribution is -0.124. The highest BCUT2D eigenvalue weighted by molar-refractivity contribution is 5.91. The van der Waals surface area contributed by atoms with E-state index in [4.69, 9.17) is 9.47 Å². The van der Waals surface area contributed by atoms with E-state index in [0.717, 1.165) is 5.56 Å². The monoisotopic (exact) mass is 379 g/mol. The van der Waals surface area contributed by atoms with E-state index in [0.29, 0.717) is 11.5 Å². The fraction of sp³-hybridized carbons (Fsp3) is 0.0909. The van der Waals surface area contributed by atoms with Gasteiger partial charge in [0.1, 0.15) is 17.3 Å². The van der Waals surface area contributed by atoms with Crippen molar-refractivity contribution in [3.63, 3.8) is 0 Å². The molecule has 0 atom stereocenters. The maximum absolute atomic E-state index is 12.9. The van der Waals surface area contributed by atoms with Crippen LogP contribution in [0.25, 0.3) is 0 Å². The summed E-state index contributed by atoms with van der Waals surface area (Å²) in [7, 11) is 0. The molecule has 5 nitrogen and oxygen atoms in total. The molecule has 0 heterocycles. The van der Waals surface area contributed by atoms with Gasteiger partial charge >= 0.3 is 5.97 Å². The molecule has 0 aromatic heterocycles. The lowest BCUT2D eigenvalue weighted by Gasteiger charge is -2.09. The molecule has 3 rings (SSSR count). The van der Waals surface area contributed by atoms with E-state index in [9.17, 15) is 14.0 Å². The third kappa shape index (κ3) is 5.67. The van der Waals surface area contributed by atoms with Gasteiger partial charge in [-0.3, -0.25) is 4.79 Å². The van der Waals surface area contributed by atoms with Crippen molar-refractivity contribution in [3.8, 4) is 11.5 Å². The van der Waals surface area contributed by atoms with Crippen molar-refractivity contribution in [1.29, 1.82) is 0 Å². The van der Waals surface area contributed by atoms with Crippen LogP contribution in [0, 0.1) is 5.82 Å². The fourth-order valence-electron chi connectivity index (χ4n) is 2.38. The number of ether oxygens (including phenoxy) is 2. The van der Waals surface area contributed by atoms with Gasteiger partial charge < -0.3 is 14.8 Å². The number of carbonyl (C=O) groups is 2. The first-order valence-electron chi connectivity index (χ1n) is 8.61. The number of esters is 1. The molecule has 0 spiro atoms. The first-order chi connectivity index (χ1) is 13.6. The Morgan fingerprint density at radius 2 is 1.57 bits per heavy atom. The van der Waals surface area contributed by atoms with E-state index in [1.165, 1.54) is 12.1 Å². The molecule has 1 amide bonds. The van der Waals surface area contributed by atoms with Crippen LogP contribution in [0.4, 0.5) is 4.39 Å². The maximum atomic E-state index is 12.9. The average Bonchev–Trinajstić information content (AvgIpc) is 2.72. The first-order valence-corrected chi connectivity index (χ1v) is 8.61. The van der Waals surface area contributed by atoms with Gasteiger partial charge in [-0.15, -0.1) is 0 Å². The Morgan fingerprint density at radius 1 is 0.857 bits per heavy atom. The quantitative estimate of drug-likeness (QED) is 0.628. The molecule has 3 aromatic rings. The Hall–Kier alpha value is -3.67. The number of hydrogen-bond acceptors (Lipinski definition) is 4. The summed E-state index contributed by atoms with van der Waals surface area (Å²) >= 11 is 0. The predicted molar refractivity (Wildman–Crippen MR) is 101 cm³/mol. The van der Waals surface area contributed by atoms with Crippen LogP contribution in [0.1, 0.15) is 15.9 Å². The SMILES string of the molecule is O=C(COC(=O)c1cccc(Oc2ccccc2)c1)NCc1ccc(F)cc1.